The van der Waals surface area contributed by atoms with Crippen molar-refractivity contribution in [3.8, 4) is 0 Å². The predicted molar refractivity (Wildman–Crippen MR) is 282 cm³/mol. The van der Waals surface area contributed by atoms with Crippen molar-refractivity contribution in [2.24, 2.45) is 50.5 Å². The van der Waals surface area contributed by atoms with E-state index in [-0.39, 0.29) is 75.9 Å². The van der Waals surface area contributed by atoms with E-state index in [1.54, 1.807) is 58.0 Å². The van der Waals surface area contributed by atoms with Crippen molar-refractivity contribution >= 4 is 65.1 Å². The van der Waals surface area contributed by atoms with Crippen molar-refractivity contribution in [1.29, 1.82) is 0 Å². The van der Waals surface area contributed by atoms with Gasteiger partial charge in [0.05, 0.1) is 31.1 Å². The van der Waals surface area contributed by atoms with Gasteiger partial charge >= 0.3 is 5.97 Å². The zero-order valence-electron chi connectivity index (χ0n) is 44.3. The number of carboxylic acids is 1. The number of aliphatic hydroxyl groups is 2. The molecule has 0 bridgehead atoms. The summed E-state index contributed by atoms with van der Waals surface area (Å²) in [6.45, 7) is 8.40. The third kappa shape index (κ3) is 24.5. The van der Waals surface area contributed by atoms with Crippen molar-refractivity contribution in [1.82, 2.24) is 52.5 Å². The lowest BCUT2D eigenvalue weighted by Crippen LogP contribution is -2.62. The molecule has 2 aromatic rings. The Balaban J connectivity index is 2.42. The Morgan fingerprint density at radius 2 is 1.08 bits per heavy atom. The summed E-state index contributed by atoms with van der Waals surface area (Å²) in [5.41, 5.74) is 29.2. The normalized spacial score (nSPS) is 15.0. The molecule has 0 spiro atoms. The average molecular weight is 1090 g/mol. The number of aliphatic imine (C=N–C) groups is 2. The van der Waals surface area contributed by atoms with Crippen LogP contribution in [0.25, 0.3) is 0 Å². The smallest absolute Gasteiger partial charge is 0.326 e. The number of rotatable bonds is 34. The molecular formula is C48H79N17O12. The number of aliphatic hydroxyl groups excluding tert-OH is 2. The lowest BCUT2D eigenvalue weighted by Gasteiger charge is -2.29. The maximum atomic E-state index is 14.4. The molecule has 0 radical (unpaired) electrons. The van der Waals surface area contributed by atoms with Gasteiger partial charge in [-0.05, 0) is 63.4 Å². The summed E-state index contributed by atoms with van der Waals surface area (Å²) in [6, 6.07) is -2.81. The minimum Gasteiger partial charge on any atom is -0.480 e. The van der Waals surface area contributed by atoms with Crippen molar-refractivity contribution in [3.63, 3.8) is 0 Å². The molecule has 22 N–H and O–H groups in total. The van der Waals surface area contributed by atoms with Crippen molar-refractivity contribution in [2.45, 2.75) is 147 Å². The number of hydrogen-bond donors (Lipinski definition) is 17. The van der Waals surface area contributed by atoms with Crippen LogP contribution in [0.3, 0.4) is 0 Å². The number of hydrogen-bond acceptors (Lipinski definition) is 15. The van der Waals surface area contributed by atoms with Crippen LogP contribution in [0, 0.1) is 11.8 Å². The summed E-state index contributed by atoms with van der Waals surface area (Å²) in [5.74, 6) is -9.76. The molecular weight excluding hydrogens is 1010 g/mol. The van der Waals surface area contributed by atoms with Crippen molar-refractivity contribution in [2.75, 3.05) is 19.6 Å². The molecule has 0 saturated carbocycles. The van der Waals surface area contributed by atoms with Gasteiger partial charge in [0.1, 0.15) is 42.3 Å². The van der Waals surface area contributed by atoms with Gasteiger partial charge in [-0.2, -0.15) is 0 Å². The summed E-state index contributed by atoms with van der Waals surface area (Å²) in [7, 11) is 0. The third-order valence-corrected chi connectivity index (χ3v) is 11.5. The number of aromatic amines is 1. The minimum atomic E-state index is -1.62. The number of nitrogens with zero attached hydrogens (tertiary/aromatic N) is 3. The fraction of sp³-hybridized carbons (Fsp3) is 0.583. The number of nitrogens with one attached hydrogen (secondary N) is 9. The van der Waals surface area contributed by atoms with Crippen LogP contribution in [0.1, 0.15) is 84.9 Å². The maximum Gasteiger partial charge on any atom is 0.326 e. The van der Waals surface area contributed by atoms with Crippen LogP contribution >= 0.6 is 0 Å². The first-order valence-corrected chi connectivity index (χ1v) is 25.1. The van der Waals surface area contributed by atoms with Crippen LogP contribution in [0.2, 0.25) is 0 Å². The van der Waals surface area contributed by atoms with Crippen molar-refractivity contribution < 1.29 is 58.5 Å². The maximum absolute atomic E-state index is 14.4. The van der Waals surface area contributed by atoms with Gasteiger partial charge in [0, 0.05) is 37.8 Å². The summed E-state index contributed by atoms with van der Waals surface area (Å²) in [5, 5.41) is 50.4. The van der Waals surface area contributed by atoms with Gasteiger partial charge in [0.25, 0.3) is 0 Å². The van der Waals surface area contributed by atoms with E-state index >= 15 is 0 Å². The van der Waals surface area contributed by atoms with E-state index < -0.39 is 126 Å². The van der Waals surface area contributed by atoms with E-state index in [9.17, 15) is 58.5 Å². The third-order valence-electron chi connectivity index (χ3n) is 11.5. The molecule has 1 aromatic heterocycles. The highest BCUT2D eigenvalue weighted by Crippen LogP contribution is 2.11. The summed E-state index contributed by atoms with van der Waals surface area (Å²) >= 11 is 0. The monoisotopic (exact) mass is 1090 g/mol. The Labute approximate surface area is 446 Å². The van der Waals surface area contributed by atoms with Crippen LogP contribution in [-0.2, 0) is 56.0 Å². The van der Waals surface area contributed by atoms with Gasteiger partial charge in [0.15, 0.2) is 11.9 Å². The summed E-state index contributed by atoms with van der Waals surface area (Å²) in [6.07, 6.45) is -0.129. The number of carbonyl (C=O) groups excluding carboxylic acids is 8. The molecule has 0 aliphatic rings. The number of carboxylic acid groups (broad SMARTS) is 1. The molecule has 8 amide bonds. The molecule has 77 heavy (non-hydrogen) atoms. The van der Waals surface area contributed by atoms with Crippen LogP contribution in [-0.4, -0.2) is 171 Å². The Hall–Kier alpha value is -7.92. The summed E-state index contributed by atoms with van der Waals surface area (Å²) < 4.78 is 0. The standard InChI is InChI=1S/C48H79N17O12/c1-24(2)18-34(46(76)77)62-44(74)37(26(5)66)63-35(68)22-57-40(70)31(14-10-16-55-47(50)51)59-42(72)33(19-28-12-8-7-9-13-28)61-41(71)32(15-11-17-56-48(52)53)60-43(73)36(25(3)4)64-45(75)38(27(6)67)65-39(69)30(49)20-29-21-54-23-58-29/h7-9,12-13,21,23-27,30-34,36-38,66-67H,10-11,14-20,22,49H2,1-6H3,(H,54,58)(H,57,70)(H,59,72)(H,60,73)(H,61,71)(H,62,74)(H,63,68)(H,64,75)(H,65,69)(H,76,77)(H4,50,51,55)(H4,52,53,56)/t26-,27-,30+,31+,32+,33+,34+,36+,37+,38+/m1/s1. The van der Waals surface area contributed by atoms with E-state index in [4.69, 9.17) is 28.7 Å². The minimum absolute atomic E-state index is 0.0141. The van der Waals surface area contributed by atoms with E-state index in [2.05, 4.69) is 62.5 Å². The van der Waals surface area contributed by atoms with Gasteiger partial charge in [-0.1, -0.05) is 58.0 Å². The lowest BCUT2D eigenvalue weighted by molar-refractivity contribution is -0.143. The number of carbonyl (C=O) groups is 9. The number of guanidine groups is 2. The van der Waals surface area contributed by atoms with E-state index in [1.807, 2.05) is 0 Å². The molecule has 1 aromatic carbocycles. The zero-order valence-corrected chi connectivity index (χ0v) is 44.3. The molecule has 1 heterocycles. The highest BCUT2D eigenvalue weighted by Gasteiger charge is 2.36. The second kappa shape index (κ2) is 33.2. The van der Waals surface area contributed by atoms with Gasteiger partial charge in [-0.25, -0.2) is 9.78 Å². The number of aromatic nitrogens is 2. The van der Waals surface area contributed by atoms with Gasteiger partial charge in [-0.15, -0.1) is 0 Å². The Bertz CT molecular complexity index is 2310. The fourth-order valence-electron chi connectivity index (χ4n) is 7.45. The van der Waals surface area contributed by atoms with Gasteiger partial charge in [0.2, 0.25) is 47.3 Å². The molecule has 29 nitrogen and oxygen atoms in total. The highest BCUT2D eigenvalue weighted by atomic mass is 16.4. The van der Waals surface area contributed by atoms with Gasteiger partial charge in [-0.3, -0.25) is 48.3 Å². The first-order chi connectivity index (χ1) is 36.2. The number of benzene rings is 1. The fourth-order valence-corrected chi connectivity index (χ4v) is 7.45. The molecule has 10 atom stereocenters. The average Bonchev–Trinajstić information content (AvgIpc) is 3.87. The number of nitrogens with two attached hydrogens (primary N) is 5. The topological polar surface area (TPSA) is 494 Å². The zero-order chi connectivity index (χ0) is 57.9. The van der Waals surface area contributed by atoms with Crippen molar-refractivity contribution in [3.05, 3.63) is 54.1 Å². The highest BCUT2D eigenvalue weighted by molar-refractivity contribution is 5.98. The Morgan fingerprint density at radius 3 is 1.58 bits per heavy atom. The molecule has 2 rings (SSSR count). The van der Waals surface area contributed by atoms with Crippen LogP contribution < -0.4 is 71.2 Å². The second-order valence-corrected chi connectivity index (χ2v) is 19.1. The molecule has 0 aliphatic heterocycles. The molecule has 428 valence electrons. The van der Waals surface area contributed by atoms with E-state index in [1.165, 1.54) is 26.4 Å². The molecule has 0 aliphatic carbocycles. The number of imidazole rings is 1. The van der Waals surface area contributed by atoms with Crippen LogP contribution in [0.5, 0.6) is 0 Å². The Kier molecular flexibility index (Phi) is 28.1. The molecule has 0 unspecified atom stereocenters. The first-order valence-electron chi connectivity index (χ1n) is 25.1. The SMILES string of the molecule is CC(C)C[C@H](NC(=O)[C@@H](NC(=O)CNC(=O)[C@H](CCCN=C(N)N)NC(=O)[C@H](Cc1ccccc1)NC(=O)[C@H](CCCN=C(N)N)NC(=O)[C@@H](NC(=O)[C@@H](NC(=O)[C@@H](N)Cc1cnc[nH]1)[C@@H](C)O)C(C)C)[C@@H](C)O)C(=O)O. The predicted octanol–water partition coefficient (Wildman–Crippen LogP) is -5.31. The number of aliphatic carboxylic acids is 1. The number of amides is 8. The molecule has 0 saturated heterocycles. The second-order valence-electron chi connectivity index (χ2n) is 19.1. The van der Waals surface area contributed by atoms with Crippen LogP contribution in [0.15, 0.2) is 52.8 Å². The quantitative estimate of drug-likeness (QED) is 0.0177. The van der Waals surface area contributed by atoms with E-state index in [0.29, 0.717) is 11.3 Å². The first kappa shape index (κ1) is 65.2. The summed E-state index contributed by atoms with van der Waals surface area (Å²) in [4.78, 5) is 136. The molecule has 0 fully saturated rings. The van der Waals surface area contributed by atoms with Gasteiger partial charge < -0.3 is 91.5 Å². The number of H-pyrrole nitrogens is 1. The van der Waals surface area contributed by atoms with Crippen LogP contribution in [0.4, 0.5) is 0 Å². The Morgan fingerprint density at radius 1 is 0.597 bits per heavy atom. The largest absolute Gasteiger partial charge is 0.480 e. The lowest BCUT2D eigenvalue weighted by atomic mass is 10.00. The molecule has 29 heteroatoms. The van der Waals surface area contributed by atoms with E-state index in [0.717, 1.165) is 0 Å².